The molecule has 1 aromatic heterocycles. The van der Waals surface area contributed by atoms with Gasteiger partial charge in [-0.15, -0.1) is 0 Å². The summed E-state index contributed by atoms with van der Waals surface area (Å²) in [5.74, 6) is -1.71. The Morgan fingerprint density at radius 1 is 1.18 bits per heavy atom. The highest BCUT2D eigenvalue weighted by atomic mass is 19.1. The topological polar surface area (TPSA) is 42.9 Å². The van der Waals surface area contributed by atoms with Crippen LogP contribution in [0.1, 0.15) is 16.1 Å². The Morgan fingerprint density at radius 2 is 1.88 bits per heavy atom. The summed E-state index contributed by atoms with van der Waals surface area (Å²) < 4.78 is 25.8. The van der Waals surface area contributed by atoms with E-state index in [1.54, 1.807) is 0 Å². The van der Waals surface area contributed by atoms with Gasteiger partial charge in [0.05, 0.1) is 0 Å². The maximum atomic E-state index is 12.9. The van der Waals surface area contributed by atoms with Crippen molar-refractivity contribution in [2.75, 3.05) is 0 Å². The first kappa shape index (κ1) is 11.3. The number of hydrogen-bond donors (Lipinski definition) is 0. The van der Waals surface area contributed by atoms with Crippen LogP contribution in [0.25, 0.3) is 0 Å². The lowest BCUT2D eigenvalue weighted by Crippen LogP contribution is -2.06. The summed E-state index contributed by atoms with van der Waals surface area (Å²) in [7, 11) is 0. The summed E-state index contributed by atoms with van der Waals surface area (Å²) in [6.45, 7) is 0. The highest BCUT2D eigenvalue weighted by molar-refractivity contribution is 5.95. The van der Waals surface area contributed by atoms with Gasteiger partial charge in [-0.3, -0.25) is 4.79 Å². The van der Waals surface area contributed by atoms with Crippen LogP contribution in [0.2, 0.25) is 0 Å². The number of carbonyl (C=O) groups excluding carboxylic acids is 1. The first-order chi connectivity index (χ1) is 8.15. The smallest absolute Gasteiger partial charge is 0.185 e. The molecule has 0 aliphatic rings. The minimum absolute atomic E-state index is 0.0916. The van der Waals surface area contributed by atoms with E-state index >= 15 is 0 Å². The molecule has 0 saturated heterocycles. The van der Waals surface area contributed by atoms with Crippen molar-refractivity contribution in [1.29, 1.82) is 0 Å². The lowest BCUT2D eigenvalue weighted by atomic mass is 10.1. The molecule has 0 bridgehead atoms. The SMILES string of the molecule is O=C(Cc1cc(F)cc(F)c1)c1ccncn1. The zero-order valence-electron chi connectivity index (χ0n) is 8.73. The number of ketones is 1. The molecule has 2 aromatic rings. The van der Waals surface area contributed by atoms with Gasteiger partial charge >= 0.3 is 0 Å². The Bertz CT molecular complexity index is 523. The van der Waals surface area contributed by atoms with Crippen LogP contribution in [-0.4, -0.2) is 15.8 Å². The normalized spacial score (nSPS) is 10.2. The maximum absolute atomic E-state index is 12.9. The molecule has 1 aromatic carbocycles. The van der Waals surface area contributed by atoms with Crippen LogP contribution < -0.4 is 0 Å². The highest BCUT2D eigenvalue weighted by Gasteiger charge is 2.09. The minimum Gasteiger partial charge on any atom is -0.292 e. The van der Waals surface area contributed by atoms with E-state index in [2.05, 4.69) is 9.97 Å². The molecule has 0 spiro atoms. The molecule has 0 atom stereocenters. The third kappa shape index (κ3) is 2.90. The zero-order valence-corrected chi connectivity index (χ0v) is 8.73. The molecule has 0 unspecified atom stereocenters. The molecule has 0 radical (unpaired) electrons. The molecule has 0 saturated carbocycles. The molecule has 0 amide bonds. The number of nitrogens with zero attached hydrogens (tertiary/aromatic N) is 2. The summed E-state index contributed by atoms with van der Waals surface area (Å²) in [6.07, 6.45) is 2.59. The molecule has 86 valence electrons. The second-order valence-corrected chi connectivity index (χ2v) is 3.47. The predicted molar refractivity (Wildman–Crippen MR) is 56.4 cm³/mol. The Hall–Kier alpha value is -2.17. The van der Waals surface area contributed by atoms with Crippen LogP contribution in [0.3, 0.4) is 0 Å². The molecule has 1 heterocycles. The second-order valence-electron chi connectivity index (χ2n) is 3.47. The number of hydrogen-bond acceptors (Lipinski definition) is 3. The van der Waals surface area contributed by atoms with Crippen molar-refractivity contribution >= 4 is 5.78 Å². The average Bonchev–Trinajstić information content (AvgIpc) is 2.28. The van der Waals surface area contributed by atoms with Gasteiger partial charge in [0.15, 0.2) is 5.78 Å². The van der Waals surface area contributed by atoms with Crippen molar-refractivity contribution in [3.63, 3.8) is 0 Å². The molecular weight excluding hydrogens is 226 g/mol. The van der Waals surface area contributed by atoms with E-state index < -0.39 is 11.6 Å². The molecule has 3 nitrogen and oxygen atoms in total. The summed E-state index contributed by atoms with van der Waals surface area (Å²) in [4.78, 5) is 19.2. The number of aromatic nitrogens is 2. The summed E-state index contributed by atoms with van der Waals surface area (Å²) in [6, 6.07) is 4.47. The molecule has 0 aliphatic carbocycles. The monoisotopic (exact) mass is 234 g/mol. The van der Waals surface area contributed by atoms with Crippen LogP contribution in [-0.2, 0) is 6.42 Å². The Morgan fingerprint density at radius 3 is 2.47 bits per heavy atom. The summed E-state index contributed by atoms with van der Waals surface area (Å²) in [5, 5.41) is 0. The van der Waals surface area contributed by atoms with Gasteiger partial charge in [0.25, 0.3) is 0 Å². The van der Waals surface area contributed by atoms with Crippen LogP contribution >= 0.6 is 0 Å². The minimum atomic E-state index is -0.699. The molecule has 17 heavy (non-hydrogen) atoms. The van der Waals surface area contributed by atoms with Crippen molar-refractivity contribution < 1.29 is 13.6 Å². The number of rotatable bonds is 3. The van der Waals surface area contributed by atoms with Crippen LogP contribution in [0.15, 0.2) is 36.8 Å². The number of Topliss-reactive ketones (excluding diaryl/α,β-unsaturated/α-hetero) is 1. The van der Waals surface area contributed by atoms with Crippen LogP contribution in [0, 0.1) is 11.6 Å². The third-order valence-electron chi connectivity index (χ3n) is 2.15. The van der Waals surface area contributed by atoms with E-state index in [0.717, 1.165) is 18.2 Å². The van der Waals surface area contributed by atoms with E-state index in [4.69, 9.17) is 0 Å². The van der Waals surface area contributed by atoms with Crippen molar-refractivity contribution in [2.45, 2.75) is 6.42 Å². The van der Waals surface area contributed by atoms with Crippen molar-refractivity contribution in [3.05, 3.63) is 59.7 Å². The van der Waals surface area contributed by atoms with Gasteiger partial charge in [-0.05, 0) is 23.8 Å². The predicted octanol–water partition coefficient (Wildman–Crippen LogP) is 2.18. The quantitative estimate of drug-likeness (QED) is 0.764. The highest BCUT2D eigenvalue weighted by Crippen LogP contribution is 2.10. The molecular formula is C12H8F2N2O. The van der Waals surface area contributed by atoms with Gasteiger partial charge in [0.2, 0.25) is 0 Å². The summed E-state index contributed by atoms with van der Waals surface area (Å²) in [5.41, 5.74) is 0.510. The molecule has 0 aliphatic heterocycles. The average molecular weight is 234 g/mol. The fraction of sp³-hybridized carbons (Fsp3) is 0.0833. The molecule has 0 N–H and O–H groups in total. The number of halogens is 2. The Labute approximate surface area is 96.2 Å². The van der Waals surface area contributed by atoms with Gasteiger partial charge in [0.1, 0.15) is 23.7 Å². The largest absolute Gasteiger partial charge is 0.292 e. The zero-order chi connectivity index (χ0) is 12.3. The Kier molecular flexibility index (Phi) is 3.18. The number of benzene rings is 1. The van der Waals surface area contributed by atoms with Crippen molar-refractivity contribution in [3.8, 4) is 0 Å². The third-order valence-corrected chi connectivity index (χ3v) is 2.15. The van der Waals surface area contributed by atoms with Crippen LogP contribution in [0.5, 0.6) is 0 Å². The first-order valence-electron chi connectivity index (χ1n) is 4.89. The molecule has 5 heteroatoms. The standard InChI is InChI=1S/C12H8F2N2O/c13-9-3-8(4-10(14)6-9)5-12(17)11-1-2-15-7-16-11/h1-4,6-7H,5H2. The molecule has 0 fully saturated rings. The van der Waals surface area contributed by atoms with E-state index in [-0.39, 0.29) is 23.5 Å². The van der Waals surface area contributed by atoms with Gasteiger partial charge in [0, 0.05) is 18.7 Å². The fourth-order valence-corrected chi connectivity index (χ4v) is 1.44. The van der Waals surface area contributed by atoms with Crippen LogP contribution in [0.4, 0.5) is 8.78 Å². The van der Waals surface area contributed by atoms with E-state index in [0.29, 0.717) is 0 Å². The van der Waals surface area contributed by atoms with E-state index in [9.17, 15) is 13.6 Å². The first-order valence-corrected chi connectivity index (χ1v) is 4.89. The van der Waals surface area contributed by atoms with Gasteiger partial charge in [-0.2, -0.15) is 0 Å². The van der Waals surface area contributed by atoms with Crippen molar-refractivity contribution in [2.24, 2.45) is 0 Å². The van der Waals surface area contributed by atoms with E-state index in [1.165, 1.54) is 18.6 Å². The van der Waals surface area contributed by atoms with E-state index in [1.807, 2.05) is 0 Å². The van der Waals surface area contributed by atoms with Gasteiger partial charge in [-0.25, -0.2) is 18.7 Å². The lowest BCUT2D eigenvalue weighted by Gasteiger charge is -2.01. The van der Waals surface area contributed by atoms with Gasteiger partial charge in [-0.1, -0.05) is 0 Å². The fourth-order valence-electron chi connectivity index (χ4n) is 1.44. The molecule has 2 rings (SSSR count). The number of carbonyl (C=O) groups is 1. The maximum Gasteiger partial charge on any atom is 0.185 e. The summed E-state index contributed by atoms with van der Waals surface area (Å²) >= 11 is 0. The van der Waals surface area contributed by atoms with Crippen molar-refractivity contribution in [1.82, 2.24) is 9.97 Å². The second kappa shape index (κ2) is 4.78. The lowest BCUT2D eigenvalue weighted by molar-refractivity contribution is 0.0988. The Balaban J connectivity index is 2.19. The van der Waals surface area contributed by atoms with Gasteiger partial charge < -0.3 is 0 Å².